The summed E-state index contributed by atoms with van der Waals surface area (Å²) < 4.78 is 27.3. The topological polar surface area (TPSA) is 59.1 Å². The maximum Gasteiger partial charge on any atom is 0.243 e. The van der Waals surface area contributed by atoms with Crippen molar-refractivity contribution >= 4 is 33.4 Å². The van der Waals surface area contributed by atoms with Gasteiger partial charge in [0, 0.05) is 17.5 Å². The number of aromatic nitrogens is 1. The van der Waals surface area contributed by atoms with Gasteiger partial charge >= 0.3 is 0 Å². The Kier molecular flexibility index (Phi) is 5.11. The van der Waals surface area contributed by atoms with E-state index in [-0.39, 0.29) is 16.1 Å². The standard InChI is InChI=1S/C12H17ClN2O2S2/c1-18-10-5-2-4-9(8-10)15-19(16,17)11-6-3-7-14-12(11)13/h3,6-7,9-10,15H,2,4-5,8H2,1H3. The zero-order valence-corrected chi connectivity index (χ0v) is 13.1. The Morgan fingerprint density at radius 3 is 2.95 bits per heavy atom. The molecule has 0 saturated heterocycles. The fourth-order valence-corrected chi connectivity index (χ4v) is 4.88. The van der Waals surface area contributed by atoms with E-state index in [1.165, 1.54) is 12.3 Å². The van der Waals surface area contributed by atoms with Crippen molar-refractivity contribution in [2.75, 3.05) is 6.26 Å². The predicted octanol–water partition coefficient (Wildman–Crippen LogP) is 2.69. The Hall–Kier alpha value is -0.300. The molecule has 1 aromatic heterocycles. The van der Waals surface area contributed by atoms with Crippen molar-refractivity contribution in [3.8, 4) is 0 Å². The van der Waals surface area contributed by atoms with Crippen molar-refractivity contribution in [3.63, 3.8) is 0 Å². The van der Waals surface area contributed by atoms with Crippen LogP contribution in [0.4, 0.5) is 0 Å². The largest absolute Gasteiger partial charge is 0.243 e. The molecule has 1 aliphatic carbocycles. The normalized spacial score (nSPS) is 24.3. The molecule has 7 heteroatoms. The highest BCUT2D eigenvalue weighted by molar-refractivity contribution is 7.99. The number of pyridine rings is 1. The van der Waals surface area contributed by atoms with E-state index in [1.807, 2.05) is 0 Å². The summed E-state index contributed by atoms with van der Waals surface area (Å²) in [5, 5.41) is 0.554. The van der Waals surface area contributed by atoms with Gasteiger partial charge in [0.25, 0.3) is 0 Å². The smallest absolute Gasteiger partial charge is 0.243 e. The molecule has 1 saturated carbocycles. The number of rotatable bonds is 4. The van der Waals surface area contributed by atoms with Crippen LogP contribution < -0.4 is 4.72 Å². The summed E-state index contributed by atoms with van der Waals surface area (Å²) in [6.07, 6.45) is 7.52. The minimum atomic E-state index is -3.58. The molecule has 1 N–H and O–H groups in total. The Labute approximate surface area is 123 Å². The third-order valence-electron chi connectivity index (χ3n) is 3.30. The molecule has 1 aliphatic rings. The van der Waals surface area contributed by atoms with Crippen LogP contribution in [0.5, 0.6) is 0 Å². The highest BCUT2D eigenvalue weighted by atomic mass is 35.5. The fraction of sp³-hybridized carbons (Fsp3) is 0.583. The van der Waals surface area contributed by atoms with E-state index in [0.717, 1.165) is 25.7 Å². The lowest BCUT2D eigenvalue weighted by Crippen LogP contribution is -2.39. The van der Waals surface area contributed by atoms with Crippen LogP contribution in [0, 0.1) is 0 Å². The van der Waals surface area contributed by atoms with E-state index in [1.54, 1.807) is 17.8 Å². The van der Waals surface area contributed by atoms with E-state index >= 15 is 0 Å². The third-order valence-corrected chi connectivity index (χ3v) is 6.36. The summed E-state index contributed by atoms with van der Waals surface area (Å²) in [5.74, 6) is 0. The van der Waals surface area contributed by atoms with Gasteiger partial charge in [0.2, 0.25) is 10.0 Å². The van der Waals surface area contributed by atoms with Gasteiger partial charge in [0.05, 0.1) is 0 Å². The average Bonchev–Trinajstić information content (AvgIpc) is 2.38. The number of hydrogen-bond donors (Lipinski definition) is 1. The van der Waals surface area contributed by atoms with Crippen LogP contribution in [0.25, 0.3) is 0 Å². The van der Waals surface area contributed by atoms with Gasteiger partial charge in [-0.15, -0.1) is 0 Å². The molecular weight excluding hydrogens is 304 g/mol. The molecule has 1 heterocycles. The first-order valence-electron chi connectivity index (χ1n) is 6.18. The molecule has 1 aromatic rings. The van der Waals surface area contributed by atoms with Crippen molar-refractivity contribution in [1.82, 2.24) is 9.71 Å². The maximum absolute atomic E-state index is 12.3. The van der Waals surface area contributed by atoms with Crippen molar-refractivity contribution in [2.45, 2.75) is 41.9 Å². The van der Waals surface area contributed by atoms with Crippen LogP contribution in [0.1, 0.15) is 25.7 Å². The first-order valence-corrected chi connectivity index (χ1v) is 9.33. The van der Waals surface area contributed by atoms with Gasteiger partial charge < -0.3 is 0 Å². The van der Waals surface area contributed by atoms with Crippen molar-refractivity contribution in [3.05, 3.63) is 23.5 Å². The molecule has 4 nitrogen and oxygen atoms in total. The van der Waals surface area contributed by atoms with Crippen LogP contribution in [-0.4, -0.2) is 30.9 Å². The van der Waals surface area contributed by atoms with Gasteiger partial charge in [-0.2, -0.15) is 11.8 Å². The summed E-state index contributed by atoms with van der Waals surface area (Å²) in [6.45, 7) is 0. The van der Waals surface area contributed by atoms with Crippen LogP contribution >= 0.6 is 23.4 Å². The molecule has 0 radical (unpaired) electrons. The van der Waals surface area contributed by atoms with Crippen LogP contribution in [0.15, 0.2) is 23.2 Å². The highest BCUT2D eigenvalue weighted by Gasteiger charge is 2.27. The summed E-state index contributed by atoms with van der Waals surface area (Å²) in [6, 6.07) is 3.05. The SMILES string of the molecule is CSC1CCCC(NS(=O)(=O)c2cccnc2Cl)C1. The highest BCUT2D eigenvalue weighted by Crippen LogP contribution is 2.28. The Morgan fingerprint density at radius 1 is 1.47 bits per heavy atom. The Bertz CT molecular complexity index is 536. The summed E-state index contributed by atoms with van der Waals surface area (Å²) in [5.41, 5.74) is 0. The average molecular weight is 321 g/mol. The number of nitrogens with zero attached hydrogens (tertiary/aromatic N) is 1. The minimum absolute atomic E-state index is 0.00697. The fourth-order valence-electron chi connectivity index (χ4n) is 2.32. The molecule has 0 amide bonds. The first kappa shape index (κ1) is 15.1. The van der Waals surface area contributed by atoms with Crippen LogP contribution in [0.3, 0.4) is 0 Å². The monoisotopic (exact) mass is 320 g/mol. The van der Waals surface area contributed by atoms with E-state index in [2.05, 4.69) is 16.0 Å². The molecule has 1 fully saturated rings. The second kappa shape index (κ2) is 6.43. The zero-order valence-electron chi connectivity index (χ0n) is 10.7. The van der Waals surface area contributed by atoms with Crippen LogP contribution in [-0.2, 0) is 10.0 Å². The molecular formula is C12H17ClN2O2S2. The molecule has 2 rings (SSSR count). The molecule has 2 atom stereocenters. The number of sulfonamides is 1. The summed E-state index contributed by atoms with van der Waals surface area (Å²) in [4.78, 5) is 3.87. The Balaban J connectivity index is 2.11. The second-order valence-electron chi connectivity index (χ2n) is 4.63. The van der Waals surface area contributed by atoms with Crippen molar-refractivity contribution in [2.24, 2.45) is 0 Å². The predicted molar refractivity (Wildman–Crippen MR) is 79.1 cm³/mol. The van der Waals surface area contributed by atoms with E-state index < -0.39 is 10.0 Å². The molecule has 19 heavy (non-hydrogen) atoms. The number of halogens is 1. The lowest BCUT2D eigenvalue weighted by Gasteiger charge is -2.28. The minimum Gasteiger partial charge on any atom is -0.243 e. The zero-order chi connectivity index (χ0) is 13.9. The van der Waals surface area contributed by atoms with Crippen LogP contribution in [0.2, 0.25) is 5.15 Å². The quantitative estimate of drug-likeness (QED) is 0.867. The molecule has 0 bridgehead atoms. The molecule has 0 aliphatic heterocycles. The number of nitrogens with one attached hydrogen (secondary N) is 1. The number of thioether (sulfide) groups is 1. The molecule has 0 spiro atoms. The van der Waals surface area contributed by atoms with Gasteiger partial charge in [-0.3, -0.25) is 0 Å². The second-order valence-corrected chi connectivity index (χ2v) is 7.81. The van der Waals surface area contributed by atoms with E-state index in [9.17, 15) is 8.42 Å². The van der Waals surface area contributed by atoms with Crippen molar-refractivity contribution < 1.29 is 8.42 Å². The van der Waals surface area contributed by atoms with E-state index in [4.69, 9.17) is 11.6 Å². The summed E-state index contributed by atoms with van der Waals surface area (Å²) >= 11 is 7.65. The lowest BCUT2D eigenvalue weighted by molar-refractivity contribution is 0.420. The summed E-state index contributed by atoms with van der Waals surface area (Å²) in [7, 11) is -3.58. The Morgan fingerprint density at radius 2 is 2.26 bits per heavy atom. The van der Waals surface area contributed by atoms with Gasteiger partial charge in [0.1, 0.15) is 10.0 Å². The number of hydrogen-bond acceptors (Lipinski definition) is 4. The van der Waals surface area contributed by atoms with Gasteiger partial charge in [-0.1, -0.05) is 18.0 Å². The lowest BCUT2D eigenvalue weighted by atomic mass is 9.96. The van der Waals surface area contributed by atoms with Gasteiger partial charge in [-0.25, -0.2) is 18.1 Å². The molecule has 0 aromatic carbocycles. The van der Waals surface area contributed by atoms with Gasteiger partial charge in [-0.05, 0) is 37.7 Å². The third kappa shape index (κ3) is 3.84. The van der Waals surface area contributed by atoms with E-state index in [0.29, 0.717) is 5.25 Å². The first-order chi connectivity index (χ1) is 9.03. The molecule has 2 unspecified atom stereocenters. The maximum atomic E-state index is 12.3. The van der Waals surface area contributed by atoms with Gasteiger partial charge in [0.15, 0.2) is 0 Å². The van der Waals surface area contributed by atoms with Crippen molar-refractivity contribution in [1.29, 1.82) is 0 Å². The molecule has 106 valence electrons.